The smallest absolute Gasteiger partial charge is 0.360 e. The van der Waals surface area contributed by atoms with E-state index in [0.29, 0.717) is 4.47 Å². The third kappa shape index (κ3) is 5.18. The SMILES string of the molecule is O=c1oc2c(OS(=O)(=O)c3cccc([N+](=O)[O-])c3)cccc2cc1NS(=O)(=O)c1cccc(Br)c1. The second kappa shape index (κ2) is 9.13. The van der Waals surface area contributed by atoms with Gasteiger partial charge >= 0.3 is 15.7 Å². The van der Waals surface area contributed by atoms with Crippen molar-refractivity contribution in [3.8, 4) is 5.75 Å². The van der Waals surface area contributed by atoms with Gasteiger partial charge in [-0.1, -0.05) is 40.2 Å². The summed E-state index contributed by atoms with van der Waals surface area (Å²) >= 11 is 3.18. The minimum atomic E-state index is -4.54. The van der Waals surface area contributed by atoms with Gasteiger partial charge in [-0.05, 0) is 36.4 Å². The van der Waals surface area contributed by atoms with Crippen molar-refractivity contribution < 1.29 is 30.4 Å². The molecule has 11 nitrogen and oxygen atoms in total. The van der Waals surface area contributed by atoms with Crippen molar-refractivity contribution in [1.29, 1.82) is 0 Å². The number of hydrogen-bond donors (Lipinski definition) is 1. The average molecular weight is 581 g/mol. The molecule has 0 amide bonds. The van der Waals surface area contributed by atoms with E-state index in [1.165, 1.54) is 48.5 Å². The van der Waals surface area contributed by atoms with Crippen molar-refractivity contribution in [3.05, 3.63) is 97.8 Å². The molecule has 4 rings (SSSR count). The van der Waals surface area contributed by atoms with Crippen LogP contribution in [-0.2, 0) is 20.1 Å². The standard InChI is InChI=1S/C21H13BrN2O9S2/c22-14-5-2-7-16(11-14)34(28,29)23-18-10-13-4-1-9-19(20(13)32-21(18)25)33-35(30,31)17-8-3-6-15(12-17)24(26)27/h1-12,23H. The van der Waals surface area contributed by atoms with Crippen LogP contribution in [0.5, 0.6) is 5.75 Å². The summed E-state index contributed by atoms with van der Waals surface area (Å²) < 4.78 is 63.6. The lowest BCUT2D eigenvalue weighted by Crippen LogP contribution is -2.18. The first-order valence-electron chi connectivity index (χ1n) is 9.50. The molecule has 1 aromatic heterocycles. The average Bonchev–Trinajstić information content (AvgIpc) is 2.80. The highest BCUT2D eigenvalue weighted by Gasteiger charge is 2.23. The van der Waals surface area contributed by atoms with E-state index in [1.54, 1.807) is 6.07 Å². The van der Waals surface area contributed by atoms with Gasteiger partial charge in [-0.2, -0.15) is 8.42 Å². The number of nitro benzene ring substituents is 1. The van der Waals surface area contributed by atoms with Crippen molar-refractivity contribution >= 4 is 58.4 Å². The molecule has 14 heteroatoms. The van der Waals surface area contributed by atoms with Gasteiger partial charge in [0, 0.05) is 22.0 Å². The molecule has 35 heavy (non-hydrogen) atoms. The van der Waals surface area contributed by atoms with Gasteiger partial charge in [0.05, 0.1) is 9.82 Å². The van der Waals surface area contributed by atoms with Gasteiger partial charge < -0.3 is 8.60 Å². The Hall–Kier alpha value is -3.75. The minimum Gasteiger partial charge on any atom is -0.417 e. The van der Waals surface area contributed by atoms with Crippen molar-refractivity contribution in [2.45, 2.75) is 9.79 Å². The second-order valence-electron chi connectivity index (χ2n) is 6.98. The summed E-state index contributed by atoms with van der Waals surface area (Å²) in [5, 5.41) is 11.1. The minimum absolute atomic E-state index is 0.105. The predicted octanol–water partition coefficient (Wildman–Crippen LogP) is 4.03. The van der Waals surface area contributed by atoms with Gasteiger partial charge in [-0.3, -0.25) is 14.8 Å². The summed E-state index contributed by atoms with van der Waals surface area (Å²) in [5.41, 5.74) is -2.23. The van der Waals surface area contributed by atoms with Gasteiger partial charge in [0.2, 0.25) is 0 Å². The van der Waals surface area contributed by atoms with Crippen LogP contribution >= 0.6 is 15.9 Å². The van der Waals surface area contributed by atoms with Crippen molar-refractivity contribution in [2.24, 2.45) is 0 Å². The van der Waals surface area contributed by atoms with Crippen LogP contribution < -0.4 is 14.5 Å². The molecule has 0 aliphatic carbocycles. The van der Waals surface area contributed by atoms with Crippen LogP contribution in [0.3, 0.4) is 0 Å². The molecule has 0 aliphatic heterocycles. The van der Waals surface area contributed by atoms with Crippen LogP contribution in [0.25, 0.3) is 11.0 Å². The fraction of sp³-hybridized carbons (Fsp3) is 0. The van der Waals surface area contributed by atoms with Crippen molar-refractivity contribution in [2.75, 3.05) is 4.72 Å². The summed E-state index contributed by atoms with van der Waals surface area (Å²) in [4.78, 5) is 22.1. The highest BCUT2D eigenvalue weighted by molar-refractivity contribution is 9.10. The molecular weight excluding hydrogens is 568 g/mol. The second-order valence-corrected chi connectivity index (χ2v) is 11.1. The van der Waals surface area contributed by atoms with E-state index in [1.807, 2.05) is 0 Å². The van der Waals surface area contributed by atoms with Gasteiger partial charge in [-0.25, -0.2) is 13.2 Å². The number of benzene rings is 3. The molecule has 180 valence electrons. The van der Waals surface area contributed by atoms with Crippen LogP contribution in [0.15, 0.2) is 96.3 Å². The number of nitrogens with one attached hydrogen (secondary N) is 1. The van der Waals surface area contributed by atoms with Crippen LogP contribution in [0.2, 0.25) is 0 Å². The molecule has 0 spiro atoms. The quantitative estimate of drug-likeness (QED) is 0.147. The molecule has 1 N–H and O–H groups in total. The molecule has 0 radical (unpaired) electrons. The van der Waals surface area contributed by atoms with Crippen LogP contribution in [0.1, 0.15) is 0 Å². The number of anilines is 1. The Balaban J connectivity index is 1.71. The van der Waals surface area contributed by atoms with E-state index in [-0.39, 0.29) is 21.6 Å². The van der Waals surface area contributed by atoms with E-state index >= 15 is 0 Å². The van der Waals surface area contributed by atoms with E-state index < -0.39 is 47.0 Å². The normalized spacial score (nSPS) is 11.8. The maximum absolute atomic E-state index is 12.7. The largest absolute Gasteiger partial charge is 0.417 e. The van der Waals surface area contributed by atoms with Crippen molar-refractivity contribution in [1.82, 2.24) is 0 Å². The Morgan fingerprint density at radius 1 is 0.914 bits per heavy atom. The number of fused-ring (bicyclic) bond motifs is 1. The van der Waals surface area contributed by atoms with E-state index in [2.05, 4.69) is 20.7 Å². The maximum Gasteiger partial charge on any atom is 0.360 e. The number of sulfonamides is 1. The third-order valence-electron chi connectivity index (χ3n) is 4.59. The summed E-state index contributed by atoms with van der Waals surface area (Å²) in [6.07, 6.45) is 0. The number of halogens is 1. The fourth-order valence-electron chi connectivity index (χ4n) is 3.01. The molecule has 0 saturated carbocycles. The van der Waals surface area contributed by atoms with Gasteiger partial charge in [0.1, 0.15) is 10.6 Å². The summed E-state index contributed by atoms with van der Waals surface area (Å²) in [5.74, 6) is -0.368. The maximum atomic E-state index is 12.7. The highest BCUT2D eigenvalue weighted by atomic mass is 79.9. The Morgan fingerprint density at radius 2 is 1.60 bits per heavy atom. The lowest BCUT2D eigenvalue weighted by atomic mass is 10.2. The monoisotopic (exact) mass is 580 g/mol. The summed E-state index contributed by atoms with van der Waals surface area (Å²) in [6, 6.07) is 15.3. The third-order valence-corrected chi connectivity index (χ3v) is 7.68. The molecule has 0 saturated heterocycles. The van der Waals surface area contributed by atoms with Crippen LogP contribution in [0, 0.1) is 10.1 Å². The van der Waals surface area contributed by atoms with Crippen LogP contribution in [0.4, 0.5) is 11.4 Å². The first-order chi connectivity index (χ1) is 16.5. The topological polar surface area (TPSA) is 163 Å². The molecule has 0 atom stereocenters. The number of nitrogens with zero attached hydrogens (tertiary/aromatic N) is 1. The Kier molecular flexibility index (Phi) is 6.36. The molecule has 4 aromatic rings. The number of para-hydroxylation sites is 1. The van der Waals surface area contributed by atoms with Gasteiger partial charge in [0.15, 0.2) is 11.3 Å². The number of hydrogen-bond acceptors (Lipinski definition) is 9. The number of non-ortho nitro benzene ring substituents is 1. The Labute approximate surface area is 206 Å². The van der Waals surface area contributed by atoms with Gasteiger partial charge in [0.25, 0.3) is 15.7 Å². The zero-order chi connectivity index (χ0) is 25.4. The molecular formula is C21H13BrN2O9S2. The zero-order valence-electron chi connectivity index (χ0n) is 17.2. The predicted molar refractivity (Wildman–Crippen MR) is 128 cm³/mol. The van der Waals surface area contributed by atoms with Gasteiger partial charge in [-0.15, -0.1) is 0 Å². The number of rotatable bonds is 7. The number of nitro groups is 1. The summed E-state index contributed by atoms with van der Waals surface area (Å²) in [7, 11) is -8.67. The molecule has 0 aliphatic rings. The first-order valence-corrected chi connectivity index (χ1v) is 13.2. The fourth-order valence-corrected chi connectivity index (χ4v) is 5.63. The molecule has 0 fully saturated rings. The Bertz CT molecular complexity index is 1750. The molecule has 1 heterocycles. The lowest BCUT2D eigenvalue weighted by molar-refractivity contribution is -0.385. The lowest BCUT2D eigenvalue weighted by Gasteiger charge is -2.11. The first kappa shape index (κ1) is 24.4. The van der Waals surface area contributed by atoms with Crippen LogP contribution in [-0.4, -0.2) is 21.8 Å². The molecule has 0 unspecified atom stereocenters. The Morgan fingerprint density at radius 3 is 2.31 bits per heavy atom. The highest BCUT2D eigenvalue weighted by Crippen LogP contribution is 2.30. The summed E-state index contributed by atoms with van der Waals surface area (Å²) in [6.45, 7) is 0. The molecule has 0 bridgehead atoms. The molecule has 3 aromatic carbocycles. The van der Waals surface area contributed by atoms with E-state index in [4.69, 9.17) is 8.60 Å². The van der Waals surface area contributed by atoms with E-state index in [9.17, 15) is 31.7 Å². The van der Waals surface area contributed by atoms with E-state index in [0.717, 1.165) is 18.2 Å². The zero-order valence-corrected chi connectivity index (χ0v) is 20.5. The van der Waals surface area contributed by atoms with Crippen molar-refractivity contribution in [3.63, 3.8) is 0 Å².